The molecule has 0 bridgehead atoms. The first-order valence-electron chi connectivity index (χ1n) is 6.31. The third kappa shape index (κ3) is 4.51. The summed E-state index contributed by atoms with van der Waals surface area (Å²) >= 11 is 0. The Bertz CT molecular complexity index is 548. The van der Waals surface area contributed by atoms with Crippen LogP contribution in [0.4, 0.5) is 19.0 Å². The smallest absolute Gasteiger partial charge is 0.405 e. The Balaban J connectivity index is 3.34. The lowest BCUT2D eigenvalue weighted by Gasteiger charge is -2.30. The first-order valence-corrected chi connectivity index (χ1v) is 6.31. The molecule has 0 saturated carbocycles. The zero-order valence-corrected chi connectivity index (χ0v) is 12.3. The van der Waals surface area contributed by atoms with Crippen LogP contribution >= 0.6 is 0 Å². The number of aryl methyl sites for hydroxylation is 2. The van der Waals surface area contributed by atoms with E-state index >= 15 is 0 Å². The van der Waals surface area contributed by atoms with Crippen molar-refractivity contribution in [2.45, 2.75) is 33.0 Å². The van der Waals surface area contributed by atoms with E-state index in [2.05, 4.69) is 5.10 Å². The van der Waals surface area contributed by atoms with Crippen molar-refractivity contribution in [3.05, 3.63) is 17.3 Å². The maximum Gasteiger partial charge on any atom is 0.405 e. The van der Waals surface area contributed by atoms with Crippen LogP contribution in [-0.4, -0.2) is 39.6 Å². The van der Waals surface area contributed by atoms with Gasteiger partial charge >= 0.3 is 12.1 Å². The zero-order valence-electron chi connectivity index (χ0n) is 12.3. The number of rotatable bonds is 5. The van der Waals surface area contributed by atoms with Crippen LogP contribution in [0.25, 0.3) is 6.08 Å². The number of carbonyl (C=O) groups is 1. The van der Waals surface area contributed by atoms with Gasteiger partial charge < -0.3 is 10.0 Å². The number of aliphatic carboxylic acids is 1. The largest absolute Gasteiger partial charge is 0.478 e. The monoisotopic (exact) mass is 305 g/mol. The number of hydrogen-bond donors (Lipinski definition) is 1. The number of hydrogen-bond acceptors (Lipinski definition) is 3. The normalized spacial score (nSPS) is 12.4. The highest BCUT2D eigenvalue weighted by Gasteiger charge is 2.34. The molecule has 118 valence electrons. The number of alkyl halides is 3. The van der Waals surface area contributed by atoms with Gasteiger partial charge in [0, 0.05) is 24.7 Å². The van der Waals surface area contributed by atoms with Crippen LogP contribution in [0.2, 0.25) is 0 Å². The molecule has 0 spiro atoms. The third-order valence-corrected chi connectivity index (χ3v) is 2.87. The molecular weight excluding hydrogens is 287 g/mol. The van der Waals surface area contributed by atoms with Crippen LogP contribution in [0.3, 0.4) is 0 Å². The van der Waals surface area contributed by atoms with E-state index in [0.29, 0.717) is 11.3 Å². The number of nitrogens with zero attached hydrogens (tertiary/aromatic N) is 3. The van der Waals surface area contributed by atoms with Gasteiger partial charge in [-0.1, -0.05) is 0 Å². The standard InChI is InChI=1S/C13H18F3N3O2/c1-8(2)19(7-13(14,15)16)12-10(5-6-11(20)21)9(3)17-18(12)4/h5-6,8H,7H2,1-4H3,(H,20,21). The molecule has 0 aromatic carbocycles. The predicted octanol–water partition coefficient (Wildman–Crippen LogP) is 2.60. The minimum Gasteiger partial charge on any atom is -0.478 e. The third-order valence-electron chi connectivity index (χ3n) is 2.87. The highest BCUT2D eigenvalue weighted by molar-refractivity contribution is 5.87. The Morgan fingerprint density at radius 2 is 2.05 bits per heavy atom. The molecule has 1 aromatic heterocycles. The van der Waals surface area contributed by atoms with Crippen LogP contribution in [0.5, 0.6) is 0 Å². The van der Waals surface area contributed by atoms with E-state index in [9.17, 15) is 18.0 Å². The number of carboxylic acids is 1. The molecule has 8 heteroatoms. The van der Waals surface area contributed by atoms with Crippen LogP contribution in [0, 0.1) is 6.92 Å². The Kier molecular flexibility index (Phi) is 5.03. The minimum atomic E-state index is -4.36. The Morgan fingerprint density at radius 3 is 2.48 bits per heavy atom. The summed E-state index contributed by atoms with van der Waals surface area (Å²) in [6.07, 6.45) is -2.21. The second-order valence-corrected chi connectivity index (χ2v) is 4.95. The van der Waals surface area contributed by atoms with Gasteiger partial charge in [-0.2, -0.15) is 18.3 Å². The zero-order chi connectivity index (χ0) is 16.4. The summed E-state index contributed by atoms with van der Waals surface area (Å²) in [5, 5.41) is 12.8. The van der Waals surface area contributed by atoms with Crippen molar-refractivity contribution >= 4 is 17.9 Å². The second kappa shape index (κ2) is 6.19. The number of carboxylic acid groups (broad SMARTS) is 1. The molecule has 1 N–H and O–H groups in total. The van der Waals surface area contributed by atoms with Crippen molar-refractivity contribution < 1.29 is 23.1 Å². The van der Waals surface area contributed by atoms with Crippen LogP contribution in [0.15, 0.2) is 6.08 Å². The van der Waals surface area contributed by atoms with Gasteiger partial charge in [0.15, 0.2) is 0 Å². The van der Waals surface area contributed by atoms with Crippen molar-refractivity contribution in [1.82, 2.24) is 9.78 Å². The fourth-order valence-electron chi connectivity index (χ4n) is 2.05. The quantitative estimate of drug-likeness (QED) is 0.850. The lowest BCUT2D eigenvalue weighted by molar-refractivity contribution is -0.131. The molecular formula is C13H18F3N3O2. The summed E-state index contributed by atoms with van der Waals surface area (Å²) in [6, 6.07) is -0.418. The van der Waals surface area contributed by atoms with E-state index in [1.54, 1.807) is 20.8 Å². The molecule has 1 rings (SSSR count). The first kappa shape index (κ1) is 17.1. The molecule has 21 heavy (non-hydrogen) atoms. The van der Waals surface area contributed by atoms with Gasteiger partial charge in [-0.05, 0) is 26.8 Å². The molecule has 0 atom stereocenters. The molecule has 0 aliphatic rings. The van der Waals surface area contributed by atoms with Gasteiger partial charge in [0.25, 0.3) is 0 Å². The Hall–Kier alpha value is -1.99. The molecule has 0 amide bonds. The van der Waals surface area contributed by atoms with Gasteiger partial charge in [0.1, 0.15) is 12.4 Å². The lowest BCUT2D eigenvalue weighted by Crippen LogP contribution is -2.40. The van der Waals surface area contributed by atoms with Gasteiger partial charge in [-0.25, -0.2) is 4.79 Å². The summed E-state index contributed by atoms with van der Waals surface area (Å²) in [6.45, 7) is 3.77. The highest BCUT2D eigenvalue weighted by atomic mass is 19.4. The van der Waals surface area contributed by atoms with Crippen molar-refractivity contribution in [3.63, 3.8) is 0 Å². The Morgan fingerprint density at radius 1 is 1.48 bits per heavy atom. The van der Waals surface area contributed by atoms with Gasteiger partial charge in [-0.3, -0.25) is 4.68 Å². The molecule has 1 aromatic rings. The first-order chi connectivity index (χ1) is 9.53. The molecule has 5 nitrogen and oxygen atoms in total. The topological polar surface area (TPSA) is 58.4 Å². The van der Waals surface area contributed by atoms with E-state index in [-0.39, 0.29) is 5.82 Å². The summed E-state index contributed by atoms with van der Waals surface area (Å²) in [4.78, 5) is 11.8. The van der Waals surface area contributed by atoms with Crippen molar-refractivity contribution in [2.75, 3.05) is 11.4 Å². The summed E-state index contributed by atoms with van der Waals surface area (Å²) in [7, 11) is 1.53. The molecule has 0 aliphatic carbocycles. The maximum atomic E-state index is 12.8. The van der Waals surface area contributed by atoms with Crippen LogP contribution < -0.4 is 4.90 Å². The van der Waals surface area contributed by atoms with E-state index in [0.717, 1.165) is 11.0 Å². The van der Waals surface area contributed by atoms with Crippen molar-refractivity contribution in [1.29, 1.82) is 0 Å². The van der Waals surface area contributed by atoms with E-state index in [1.807, 2.05) is 0 Å². The summed E-state index contributed by atoms with van der Waals surface area (Å²) in [5.41, 5.74) is 0.843. The molecule has 1 heterocycles. The maximum absolute atomic E-state index is 12.8. The fourth-order valence-corrected chi connectivity index (χ4v) is 2.05. The second-order valence-electron chi connectivity index (χ2n) is 4.95. The summed E-state index contributed by atoms with van der Waals surface area (Å²) < 4.78 is 39.6. The molecule has 0 radical (unpaired) electrons. The van der Waals surface area contributed by atoms with Crippen LogP contribution in [-0.2, 0) is 11.8 Å². The van der Waals surface area contributed by atoms with Crippen molar-refractivity contribution in [3.8, 4) is 0 Å². The van der Waals surface area contributed by atoms with Gasteiger partial charge in [0.2, 0.25) is 0 Å². The van der Waals surface area contributed by atoms with Gasteiger partial charge in [0.05, 0.1) is 5.69 Å². The van der Waals surface area contributed by atoms with E-state index in [1.165, 1.54) is 17.8 Å². The molecule has 0 aliphatic heterocycles. The average Bonchev–Trinajstić information content (AvgIpc) is 2.56. The van der Waals surface area contributed by atoms with E-state index in [4.69, 9.17) is 5.11 Å². The SMILES string of the molecule is Cc1nn(C)c(N(CC(F)(F)F)C(C)C)c1C=CC(=O)O. The minimum absolute atomic E-state index is 0.248. The molecule has 0 saturated heterocycles. The van der Waals surface area contributed by atoms with Crippen molar-refractivity contribution in [2.24, 2.45) is 7.05 Å². The average molecular weight is 305 g/mol. The number of anilines is 1. The van der Waals surface area contributed by atoms with Crippen LogP contribution in [0.1, 0.15) is 25.1 Å². The summed E-state index contributed by atoms with van der Waals surface area (Å²) in [5.74, 6) is -0.923. The number of aromatic nitrogens is 2. The Labute approximate surface area is 120 Å². The highest BCUT2D eigenvalue weighted by Crippen LogP contribution is 2.29. The van der Waals surface area contributed by atoms with Gasteiger partial charge in [-0.15, -0.1) is 0 Å². The predicted molar refractivity (Wildman–Crippen MR) is 73.2 cm³/mol. The van der Waals surface area contributed by atoms with E-state index < -0.39 is 24.7 Å². The lowest BCUT2D eigenvalue weighted by atomic mass is 10.2. The molecule has 0 unspecified atom stereocenters. The number of halogens is 3. The molecule has 0 fully saturated rings. The fraction of sp³-hybridized carbons (Fsp3) is 0.538.